The van der Waals surface area contributed by atoms with E-state index in [2.05, 4.69) is 32.6 Å². The molecular weight excluding hydrogens is 354 g/mol. The molecule has 0 radical (unpaired) electrons. The third-order valence-corrected chi connectivity index (χ3v) is 12.3. The number of piperidine rings is 1. The van der Waals surface area contributed by atoms with E-state index in [0.717, 1.165) is 66.4 Å². The van der Waals surface area contributed by atoms with Crippen LogP contribution in [0.1, 0.15) is 91.9 Å². The van der Waals surface area contributed by atoms with Crippen molar-refractivity contribution in [2.75, 3.05) is 6.54 Å². The average molecular weight is 400 g/mol. The first-order valence-corrected chi connectivity index (χ1v) is 13.3. The number of fused-ring (bicyclic) bond motifs is 9. The monoisotopic (exact) mass is 399 g/mol. The van der Waals surface area contributed by atoms with Crippen LogP contribution >= 0.6 is 0 Å². The Bertz CT molecular complexity index is 663. The van der Waals surface area contributed by atoms with Crippen LogP contribution in [0.4, 0.5) is 0 Å². The highest BCUT2D eigenvalue weighted by Crippen LogP contribution is 2.70. The second-order valence-corrected chi connectivity index (χ2v) is 13.3. The van der Waals surface area contributed by atoms with Gasteiger partial charge in [-0.05, 0) is 116 Å². The van der Waals surface area contributed by atoms with Crippen LogP contribution < -0.4 is 0 Å². The molecule has 6 rings (SSSR count). The topological polar surface area (TPSA) is 23.5 Å². The van der Waals surface area contributed by atoms with Crippen molar-refractivity contribution in [2.24, 2.45) is 52.3 Å². The second kappa shape index (κ2) is 6.47. The van der Waals surface area contributed by atoms with Crippen LogP contribution in [0.5, 0.6) is 0 Å². The Morgan fingerprint density at radius 1 is 0.793 bits per heavy atom. The molecule has 2 heterocycles. The first kappa shape index (κ1) is 19.6. The van der Waals surface area contributed by atoms with E-state index in [1.54, 1.807) is 0 Å². The molecule has 0 aromatic rings. The largest absolute Gasteiger partial charge is 0.393 e. The Balaban J connectivity index is 1.30. The Kier molecular flexibility index (Phi) is 4.37. The van der Waals surface area contributed by atoms with Gasteiger partial charge >= 0.3 is 0 Å². The molecule has 0 amide bonds. The van der Waals surface area contributed by atoms with E-state index >= 15 is 0 Å². The van der Waals surface area contributed by atoms with Crippen molar-refractivity contribution in [3.05, 3.63) is 0 Å². The summed E-state index contributed by atoms with van der Waals surface area (Å²) in [7, 11) is 0. The molecule has 0 spiro atoms. The highest BCUT2D eigenvalue weighted by Gasteiger charge is 2.66. The lowest BCUT2D eigenvalue weighted by atomic mass is 9.44. The number of aliphatic hydroxyl groups is 1. The minimum Gasteiger partial charge on any atom is -0.393 e. The summed E-state index contributed by atoms with van der Waals surface area (Å²) in [5.41, 5.74) is 1.12. The predicted octanol–water partition coefficient (Wildman–Crippen LogP) is 5.73. The van der Waals surface area contributed by atoms with E-state index < -0.39 is 0 Å². The first-order valence-electron chi connectivity index (χ1n) is 13.3. The SMILES string of the molecule is C[C@@H]1CC[C@@H]2[C@H](C)[C@H]3[C@H](C[C@H]4[C@@H]5CC[C@H]6C[C@@H](O)CC[C@]6(C)[C@H]5CC[C@]34C)N2C1. The van der Waals surface area contributed by atoms with Crippen LogP contribution in [0.2, 0.25) is 0 Å². The summed E-state index contributed by atoms with van der Waals surface area (Å²) >= 11 is 0. The van der Waals surface area contributed by atoms with Gasteiger partial charge in [0.2, 0.25) is 0 Å². The van der Waals surface area contributed by atoms with Crippen molar-refractivity contribution in [1.82, 2.24) is 4.90 Å². The Morgan fingerprint density at radius 3 is 2.41 bits per heavy atom. The minimum atomic E-state index is -0.0109. The predicted molar refractivity (Wildman–Crippen MR) is 118 cm³/mol. The molecule has 12 atom stereocenters. The molecule has 0 aromatic carbocycles. The van der Waals surface area contributed by atoms with Crippen molar-refractivity contribution in [1.29, 1.82) is 0 Å². The number of aliphatic hydroxyl groups excluding tert-OH is 1. The minimum absolute atomic E-state index is 0.0109. The summed E-state index contributed by atoms with van der Waals surface area (Å²) in [5, 5.41) is 10.3. The third kappa shape index (κ3) is 2.54. The maximum atomic E-state index is 10.3. The molecule has 2 nitrogen and oxygen atoms in total. The van der Waals surface area contributed by atoms with E-state index in [-0.39, 0.29) is 6.10 Å². The number of rotatable bonds is 0. The zero-order valence-corrected chi connectivity index (χ0v) is 19.4. The highest BCUT2D eigenvalue weighted by atomic mass is 16.3. The van der Waals surface area contributed by atoms with Gasteiger partial charge in [0.05, 0.1) is 6.10 Å². The molecule has 0 aromatic heterocycles. The summed E-state index contributed by atoms with van der Waals surface area (Å²) in [5.74, 6) is 6.47. The Hall–Kier alpha value is -0.0800. The molecule has 2 heteroatoms. The Morgan fingerprint density at radius 2 is 1.59 bits per heavy atom. The van der Waals surface area contributed by atoms with Gasteiger partial charge in [0, 0.05) is 18.6 Å². The molecule has 29 heavy (non-hydrogen) atoms. The first-order chi connectivity index (χ1) is 13.8. The lowest BCUT2D eigenvalue weighted by molar-refractivity contribution is -0.129. The fourth-order valence-electron chi connectivity index (χ4n) is 11.0. The summed E-state index contributed by atoms with van der Waals surface area (Å²) < 4.78 is 0. The van der Waals surface area contributed by atoms with Crippen LogP contribution in [0.25, 0.3) is 0 Å². The van der Waals surface area contributed by atoms with Crippen LogP contribution in [-0.2, 0) is 0 Å². The van der Waals surface area contributed by atoms with Crippen LogP contribution in [0, 0.1) is 52.3 Å². The maximum absolute atomic E-state index is 10.3. The van der Waals surface area contributed by atoms with Crippen LogP contribution in [0.3, 0.4) is 0 Å². The molecule has 6 fully saturated rings. The van der Waals surface area contributed by atoms with Crippen LogP contribution in [-0.4, -0.2) is 34.7 Å². The molecule has 2 aliphatic heterocycles. The van der Waals surface area contributed by atoms with Gasteiger partial charge in [0.1, 0.15) is 0 Å². The molecule has 0 unspecified atom stereocenters. The quantitative estimate of drug-likeness (QED) is 0.562. The van der Waals surface area contributed by atoms with Crippen molar-refractivity contribution < 1.29 is 5.11 Å². The van der Waals surface area contributed by atoms with Crippen LogP contribution in [0.15, 0.2) is 0 Å². The van der Waals surface area contributed by atoms with Gasteiger partial charge in [-0.2, -0.15) is 0 Å². The Labute approximate surface area is 179 Å². The van der Waals surface area contributed by atoms with Crippen molar-refractivity contribution >= 4 is 0 Å². The van der Waals surface area contributed by atoms with Gasteiger partial charge in [-0.1, -0.05) is 27.7 Å². The standard InChI is InChI=1S/C27H45NO/c1-16-5-8-23-17(2)25-24(28(23)15-16)14-22-20-7-6-18-13-19(29)9-11-26(18,3)21(20)10-12-27(22,25)4/h16-25,29H,5-15H2,1-4H3/t16-,17+,18+,19+,20-,21+,22+,23-,24+,25+,26+,27+/m1/s1. The van der Waals surface area contributed by atoms with Gasteiger partial charge in [-0.25, -0.2) is 0 Å². The number of hydrogen-bond donors (Lipinski definition) is 1. The summed E-state index contributed by atoms with van der Waals surface area (Å²) in [6.45, 7) is 11.9. The van der Waals surface area contributed by atoms with Crippen molar-refractivity contribution in [2.45, 2.75) is 110 Å². The molecule has 0 bridgehead atoms. The third-order valence-electron chi connectivity index (χ3n) is 12.3. The second-order valence-electron chi connectivity index (χ2n) is 13.3. The molecule has 2 saturated heterocycles. The normalized spacial score (nSPS) is 62.0. The van der Waals surface area contributed by atoms with E-state index in [0.29, 0.717) is 10.8 Å². The van der Waals surface area contributed by atoms with E-state index in [9.17, 15) is 5.11 Å². The lowest BCUT2D eigenvalue weighted by Gasteiger charge is -2.61. The fraction of sp³-hybridized carbons (Fsp3) is 1.00. The smallest absolute Gasteiger partial charge is 0.0543 e. The molecular formula is C27H45NO. The van der Waals surface area contributed by atoms with Gasteiger partial charge in [-0.3, -0.25) is 4.90 Å². The zero-order chi connectivity index (χ0) is 20.1. The maximum Gasteiger partial charge on any atom is 0.0543 e. The summed E-state index contributed by atoms with van der Waals surface area (Å²) in [6.07, 6.45) is 13.7. The molecule has 6 aliphatic rings. The lowest BCUT2D eigenvalue weighted by Crippen LogP contribution is -2.54. The molecule has 164 valence electrons. The highest BCUT2D eigenvalue weighted by molar-refractivity contribution is 5.17. The molecule has 4 aliphatic carbocycles. The van der Waals surface area contributed by atoms with E-state index in [1.165, 1.54) is 57.9 Å². The van der Waals surface area contributed by atoms with Crippen molar-refractivity contribution in [3.63, 3.8) is 0 Å². The zero-order valence-electron chi connectivity index (χ0n) is 19.4. The number of hydrogen-bond acceptors (Lipinski definition) is 2. The number of nitrogens with zero attached hydrogens (tertiary/aromatic N) is 1. The molecule has 4 saturated carbocycles. The molecule has 1 N–H and O–H groups in total. The van der Waals surface area contributed by atoms with Gasteiger partial charge in [0.15, 0.2) is 0 Å². The van der Waals surface area contributed by atoms with Gasteiger partial charge in [0.25, 0.3) is 0 Å². The fourth-order valence-corrected chi connectivity index (χ4v) is 11.0. The van der Waals surface area contributed by atoms with E-state index in [1.807, 2.05) is 0 Å². The average Bonchev–Trinajstić information content (AvgIpc) is 3.15. The summed E-state index contributed by atoms with van der Waals surface area (Å²) in [4.78, 5) is 3.03. The van der Waals surface area contributed by atoms with Gasteiger partial charge in [-0.15, -0.1) is 0 Å². The van der Waals surface area contributed by atoms with Crippen molar-refractivity contribution in [3.8, 4) is 0 Å². The summed E-state index contributed by atoms with van der Waals surface area (Å²) in [6, 6.07) is 1.79. The van der Waals surface area contributed by atoms with Gasteiger partial charge < -0.3 is 5.11 Å². The van der Waals surface area contributed by atoms with E-state index in [4.69, 9.17) is 0 Å².